The van der Waals surface area contributed by atoms with Crippen LogP contribution in [-0.4, -0.2) is 42.3 Å². The van der Waals surface area contributed by atoms with Gasteiger partial charge in [-0.2, -0.15) is 0 Å². The van der Waals surface area contributed by atoms with Crippen molar-refractivity contribution in [1.29, 1.82) is 0 Å². The monoisotopic (exact) mass is 368 g/mol. The fourth-order valence-corrected chi connectivity index (χ4v) is 4.76. The molecule has 1 heterocycles. The molecule has 4 heteroatoms. The van der Waals surface area contributed by atoms with Crippen LogP contribution in [0, 0.1) is 10.8 Å². The summed E-state index contributed by atoms with van der Waals surface area (Å²) < 4.78 is 0. The molecule has 0 bridgehead atoms. The van der Waals surface area contributed by atoms with E-state index >= 15 is 0 Å². The number of fused-ring (bicyclic) bond motifs is 1. The van der Waals surface area contributed by atoms with Gasteiger partial charge in [0.15, 0.2) is 5.78 Å². The van der Waals surface area contributed by atoms with E-state index in [9.17, 15) is 9.59 Å². The summed E-state index contributed by atoms with van der Waals surface area (Å²) in [6.45, 7) is 10.4. The van der Waals surface area contributed by atoms with Gasteiger partial charge in [-0.15, -0.1) is 0 Å². The molecule has 1 atom stereocenters. The molecule has 146 valence electrons. The van der Waals surface area contributed by atoms with Crippen molar-refractivity contribution >= 4 is 11.7 Å². The molecule has 4 rings (SSSR count). The van der Waals surface area contributed by atoms with Gasteiger partial charge in [0, 0.05) is 23.6 Å². The van der Waals surface area contributed by atoms with Gasteiger partial charge in [-0.25, -0.2) is 0 Å². The minimum atomic E-state index is 0.0126. The van der Waals surface area contributed by atoms with Crippen molar-refractivity contribution in [3.8, 4) is 0 Å². The highest BCUT2D eigenvalue weighted by Crippen LogP contribution is 2.54. The second kappa shape index (κ2) is 6.73. The van der Waals surface area contributed by atoms with Gasteiger partial charge >= 0.3 is 0 Å². The first kappa shape index (κ1) is 18.7. The summed E-state index contributed by atoms with van der Waals surface area (Å²) >= 11 is 0. The van der Waals surface area contributed by atoms with Gasteiger partial charge in [0.25, 0.3) is 5.91 Å². The Labute approximate surface area is 162 Å². The molecule has 2 fully saturated rings. The van der Waals surface area contributed by atoms with Crippen molar-refractivity contribution in [3.05, 3.63) is 34.9 Å². The maximum absolute atomic E-state index is 12.8. The first-order valence-corrected chi connectivity index (χ1v) is 10.5. The number of nitrogens with zero attached hydrogens (tertiary/aromatic N) is 1. The second-order valence-electron chi connectivity index (χ2n) is 10.00. The third-order valence-corrected chi connectivity index (χ3v) is 6.85. The number of hydrogen-bond donors (Lipinski definition) is 1. The average Bonchev–Trinajstić information content (AvgIpc) is 3.13. The molecule has 1 amide bonds. The maximum Gasteiger partial charge on any atom is 0.251 e. The topological polar surface area (TPSA) is 49.4 Å². The number of piperidine rings is 1. The summed E-state index contributed by atoms with van der Waals surface area (Å²) in [5.74, 6) is 0.184. The minimum absolute atomic E-state index is 0.0126. The molecular weight excluding hydrogens is 336 g/mol. The summed E-state index contributed by atoms with van der Waals surface area (Å²) in [6, 6.07) is 5.88. The fraction of sp³-hybridized carbons (Fsp3) is 0.652. The van der Waals surface area contributed by atoms with E-state index in [2.05, 4.69) is 31.0 Å². The lowest BCUT2D eigenvalue weighted by Gasteiger charge is -2.34. The largest absolute Gasteiger partial charge is 0.349 e. The number of rotatable bonds is 4. The number of Topliss-reactive ketones (excluding diaryl/α,β-unsaturated/α-hetero) is 1. The Balaban J connectivity index is 1.32. The van der Waals surface area contributed by atoms with Crippen molar-refractivity contribution < 1.29 is 9.59 Å². The Bertz CT molecular complexity index is 754. The molecule has 0 aromatic heterocycles. The molecule has 4 nitrogen and oxygen atoms in total. The van der Waals surface area contributed by atoms with E-state index in [-0.39, 0.29) is 11.7 Å². The molecule has 1 unspecified atom stereocenters. The van der Waals surface area contributed by atoms with Crippen LogP contribution in [0.15, 0.2) is 18.2 Å². The summed E-state index contributed by atoms with van der Waals surface area (Å²) in [7, 11) is 0. The first-order chi connectivity index (χ1) is 12.8. The van der Waals surface area contributed by atoms with Crippen molar-refractivity contribution in [2.24, 2.45) is 10.8 Å². The summed E-state index contributed by atoms with van der Waals surface area (Å²) in [5.41, 5.74) is 3.12. The predicted octanol–water partition coefficient (Wildman–Crippen LogP) is 3.84. The van der Waals surface area contributed by atoms with E-state index in [4.69, 9.17) is 0 Å². The SMILES string of the molecule is CC(C)(C)CCN1CCC2(CC1)CC2NC(=O)c1cccc2c1CCC2=O. The van der Waals surface area contributed by atoms with Crippen LogP contribution in [0.3, 0.4) is 0 Å². The van der Waals surface area contributed by atoms with Gasteiger partial charge in [-0.05, 0) is 74.2 Å². The molecular formula is C23H32N2O2. The van der Waals surface area contributed by atoms with Crippen LogP contribution in [-0.2, 0) is 6.42 Å². The van der Waals surface area contributed by atoms with Crippen molar-refractivity contribution in [2.45, 2.75) is 65.3 Å². The molecule has 27 heavy (non-hydrogen) atoms. The standard InChI is InChI=1S/C23H32N2O2/c1-22(2,3)9-12-25-13-10-23(11-14-25)15-20(23)24-21(27)18-6-4-5-17-16(18)7-8-19(17)26/h4-6,20H,7-15H2,1-3H3,(H,24,27). The van der Waals surface area contributed by atoms with Gasteiger partial charge in [-0.1, -0.05) is 32.9 Å². The van der Waals surface area contributed by atoms with Gasteiger partial charge < -0.3 is 10.2 Å². The lowest BCUT2D eigenvalue weighted by Crippen LogP contribution is -2.40. The van der Waals surface area contributed by atoms with Crippen molar-refractivity contribution in [2.75, 3.05) is 19.6 Å². The highest BCUT2D eigenvalue weighted by Gasteiger charge is 2.55. The fourth-order valence-electron chi connectivity index (χ4n) is 4.76. The number of nitrogens with one attached hydrogen (secondary N) is 1. The van der Waals surface area contributed by atoms with E-state index in [1.165, 1.54) is 25.8 Å². The zero-order chi connectivity index (χ0) is 19.2. The first-order valence-electron chi connectivity index (χ1n) is 10.5. The summed E-state index contributed by atoms with van der Waals surface area (Å²) in [4.78, 5) is 27.3. The highest BCUT2D eigenvalue weighted by molar-refractivity contribution is 6.05. The molecule has 1 spiro atoms. The smallest absolute Gasteiger partial charge is 0.251 e. The van der Waals surface area contributed by atoms with Gasteiger partial charge in [0.2, 0.25) is 0 Å². The summed E-state index contributed by atoms with van der Waals surface area (Å²) in [6.07, 6.45) is 5.96. The Morgan fingerprint density at radius 2 is 1.96 bits per heavy atom. The van der Waals surface area contributed by atoms with Crippen LogP contribution in [0.1, 0.15) is 79.2 Å². The molecule has 1 N–H and O–H groups in total. The number of benzene rings is 1. The van der Waals surface area contributed by atoms with Crippen LogP contribution in [0.5, 0.6) is 0 Å². The van der Waals surface area contributed by atoms with Crippen LogP contribution in [0.25, 0.3) is 0 Å². The highest BCUT2D eigenvalue weighted by atomic mass is 16.2. The van der Waals surface area contributed by atoms with Crippen LogP contribution >= 0.6 is 0 Å². The van der Waals surface area contributed by atoms with Crippen molar-refractivity contribution in [1.82, 2.24) is 10.2 Å². The number of hydrogen-bond acceptors (Lipinski definition) is 3. The summed E-state index contributed by atoms with van der Waals surface area (Å²) in [5, 5.41) is 3.28. The molecule has 0 radical (unpaired) electrons. The molecule has 1 aromatic carbocycles. The quantitative estimate of drug-likeness (QED) is 0.878. The Kier molecular flexibility index (Phi) is 4.66. The van der Waals surface area contributed by atoms with E-state index in [1.54, 1.807) is 0 Å². The normalized spacial score (nSPS) is 24.1. The van der Waals surface area contributed by atoms with E-state index in [1.807, 2.05) is 18.2 Å². The zero-order valence-electron chi connectivity index (χ0n) is 16.9. The number of likely N-dealkylation sites (tertiary alicyclic amines) is 1. The van der Waals surface area contributed by atoms with E-state index in [0.29, 0.717) is 35.3 Å². The number of carbonyl (C=O) groups excluding carboxylic acids is 2. The third kappa shape index (κ3) is 3.82. The number of amides is 1. The Morgan fingerprint density at radius 1 is 1.22 bits per heavy atom. The van der Waals surface area contributed by atoms with Crippen LogP contribution in [0.4, 0.5) is 0 Å². The lowest BCUT2D eigenvalue weighted by atomic mass is 9.89. The number of carbonyl (C=O) groups is 2. The molecule has 1 aromatic rings. The molecule has 1 saturated carbocycles. The van der Waals surface area contributed by atoms with E-state index in [0.717, 1.165) is 30.6 Å². The minimum Gasteiger partial charge on any atom is -0.349 e. The van der Waals surface area contributed by atoms with Crippen LogP contribution in [0.2, 0.25) is 0 Å². The number of ketones is 1. The Morgan fingerprint density at radius 3 is 2.67 bits per heavy atom. The molecule has 2 aliphatic carbocycles. The van der Waals surface area contributed by atoms with Crippen molar-refractivity contribution in [3.63, 3.8) is 0 Å². The van der Waals surface area contributed by atoms with Gasteiger partial charge in [-0.3, -0.25) is 9.59 Å². The van der Waals surface area contributed by atoms with Gasteiger partial charge in [0.05, 0.1) is 0 Å². The predicted molar refractivity (Wildman–Crippen MR) is 107 cm³/mol. The molecule has 1 saturated heterocycles. The average molecular weight is 369 g/mol. The van der Waals surface area contributed by atoms with Crippen LogP contribution < -0.4 is 5.32 Å². The maximum atomic E-state index is 12.8. The molecule has 1 aliphatic heterocycles. The van der Waals surface area contributed by atoms with Gasteiger partial charge in [0.1, 0.15) is 0 Å². The Hall–Kier alpha value is -1.68. The lowest BCUT2D eigenvalue weighted by molar-refractivity contribution is 0.0931. The second-order valence-corrected chi connectivity index (χ2v) is 10.00. The molecule has 3 aliphatic rings. The zero-order valence-corrected chi connectivity index (χ0v) is 16.9. The third-order valence-electron chi connectivity index (χ3n) is 6.85. The van der Waals surface area contributed by atoms with E-state index < -0.39 is 0 Å².